The van der Waals surface area contributed by atoms with E-state index in [1.165, 1.54) is 6.07 Å². The minimum absolute atomic E-state index is 0.0433. The predicted molar refractivity (Wildman–Crippen MR) is 80.1 cm³/mol. The van der Waals surface area contributed by atoms with Gasteiger partial charge in [-0.15, -0.1) is 0 Å². The third-order valence-corrected chi connectivity index (χ3v) is 3.20. The molecule has 0 unspecified atom stereocenters. The number of anilines is 1. The third-order valence-electron chi connectivity index (χ3n) is 3.20. The van der Waals surface area contributed by atoms with Gasteiger partial charge >= 0.3 is 5.97 Å². The van der Waals surface area contributed by atoms with Gasteiger partial charge in [-0.25, -0.2) is 14.2 Å². The number of halogens is 1. The van der Waals surface area contributed by atoms with Crippen LogP contribution in [0.15, 0.2) is 40.8 Å². The number of aromatic carboxylic acids is 1. The van der Waals surface area contributed by atoms with Crippen LogP contribution in [0.5, 0.6) is 0 Å². The molecule has 2 N–H and O–H groups in total. The van der Waals surface area contributed by atoms with Crippen LogP contribution in [0, 0.1) is 12.7 Å². The summed E-state index contributed by atoms with van der Waals surface area (Å²) < 4.78 is 19.1. The van der Waals surface area contributed by atoms with E-state index in [4.69, 9.17) is 9.52 Å². The molecule has 0 saturated carbocycles. The molecule has 3 rings (SSSR count). The summed E-state index contributed by atoms with van der Waals surface area (Å²) in [5.74, 6) is -2.70. The van der Waals surface area contributed by atoms with E-state index >= 15 is 0 Å². The maximum absolute atomic E-state index is 13.7. The first-order valence-electron chi connectivity index (χ1n) is 6.65. The number of fused-ring (bicyclic) bond motifs is 1. The van der Waals surface area contributed by atoms with Crippen molar-refractivity contribution in [3.63, 3.8) is 0 Å². The number of furan rings is 1. The first kappa shape index (κ1) is 14.7. The molecule has 116 valence electrons. The molecule has 0 atom stereocenters. The molecule has 0 fully saturated rings. The minimum Gasteiger partial charge on any atom is -0.478 e. The lowest BCUT2D eigenvalue weighted by molar-refractivity contribution is 0.0696. The van der Waals surface area contributed by atoms with E-state index in [1.54, 1.807) is 19.1 Å². The van der Waals surface area contributed by atoms with E-state index in [9.17, 15) is 14.0 Å². The summed E-state index contributed by atoms with van der Waals surface area (Å²) in [6.07, 6.45) is 0. The molecule has 1 amide bonds. The van der Waals surface area contributed by atoms with Gasteiger partial charge in [-0.1, -0.05) is 0 Å². The second-order valence-corrected chi connectivity index (χ2v) is 4.90. The van der Waals surface area contributed by atoms with Crippen LogP contribution in [0.25, 0.3) is 11.1 Å². The van der Waals surface area contributed by atoms with E-state index in [2.05, 4.69) is 10.3 Å². The number of hydrogen-bond donors (Lipinski definition) is 2. The van der Waals surface area contributed by atoms with Crippen LogP contribution >= 0.6 is 0 Å². The van der Waals surface area contributed by atoms with Crippen LogP contribution in [0.2, 0.25) is 0 Å². The van der Waals surface area contributed by atoms with Crippen molar-refractivity contribution in [2.45, 2.75) is 6.92 Å². The third kappa shape index (κ3) is 2.89. The van der Waals surface area contributed by atoms with Gasteiger partial charge in [0.25, 0.3) is 5.91 Å². The number of nitrogens with one attached hydrogen (secondary N) is 1. The van der Waals surface area contributed by atoms with Gasteiger partial charge in [0.1, 0.15) is 11.3 Å². The number of benzene rings is 1. The second-order valence-electron chi connectivity index (χ2n) is 4.90. The van der Waals surface area contributed by atoms with Crippen molar-refractivity contribution >= 4 is 28.7 Å². The summed E-state index contributed by atoms with van der Waals surface area (Å²) in [6.45, 7) is 1.80. The molecule has 0 radical (unpaired) electrons. The fourth-order valence-corrected chi connectivity index (χ4v) is 2.08. The molecule has 0 bridgehead atoms. The number of carbonyl (C=O) groups is 2. The lowest BCUT2D eigenvalue weighted by atomic mass is 10.2. The number of amides is 1. The summed E-state index contributed by atoms with van der Waals surface area (Å²) >= 11 is 0. The van der Waals surface area contributed by atoms with Crippen molar-refractivity contribution in [3.05, 3.63) is 59.2 Å². The Kier molecular flexibility index (Phi) is 3.53. The van der Waals surface area contributed by atoms with Gasteiger partial charge in [0.15, 0.2) is 11.3 Å². The van der Waals surface area contributed by atoms with Crippen LogP contribution in [0.1, 0.15) is 26.6 Å². The summed E-state index contributed by atoms with van der Waals surface area (Å²) in [5.41, 5.74) is 1.34. The highest BCUT2D eigenvalue weighted by Gasteiger charge is 2.16. The molecule has 23 heavy (non-hydrogen) atoms. The average Bonchev–Trinajstić information content (AvgIpc) is 2.92. The smallest absolute Gasteiger partial charge is 0.335 e. The van der Waals surface area contributed by atoms with Crippen LogP contribution in [0.3, 0.4) is 0 Å². The number of carbonyl (C=O) groups excluding carboxylic acids is 1. The molecule has 0 spiro atoms. The number of hydrogen-bond acceptors (Lipinski definition) is 4. The summed E-state index contributed by atoms with van der Waals surface area (Å²) in [4.78, 5) is 27.3. The fourth-order valence-electron chi connectivity index (χ4n) is 2.08. The van der Waals surface area contributed by atoms with Gasteiger partial charge in [-0.3, -0.25) is 4.79 Å². The Balaban J connectivity index is 1.91. The highest BCUT2D eigenvalue weighted by molar-refractivity contribution is 6.04. The zero-order chi connectivity index (χ0) is 16.6. The van der Waals surface area contributed by atoms with Gasteiger partial charge in [-0.05, 0) is 37.3 Å². The van der Waals surface area contributed by atoms with Gasteiger partial charge < -0.3 is 14.8 Å². The van der Waals surface area contributed by atoms with E-state index in [0.29, 0.717) is 11.1 Å². The van der Waals surface area contributed by atoms with Gasteiger partial charge in [0.2, 0.25) is 0 Å². The molecule has 0 aliphatic carbocycles. The summed E-state index contributed by atoms with van der Waals surface area (Å²) in [7, 11) is 0. The normalized spacial score (nSPS) is 10.7. The first-order chi connectivity index (χ1) is 10.9. The molecule has 3 aromatic rings. The Hall–Kier alpha value is -3.22. The molecular formula is C16H11FN2O4. The number of carboxylic acid groups (broad SMARTS) is 1. The Morgan fingerprint density at radius 2 is 2.00 bits per heavy atom. The topological polar surface area (TPSA) is 92.4 Å². The number of aromatic nitrogens is 1. The molecule has 0 aliphatic rings. The van der Waals surface area contributed by atoms with E-state index < -0.39 is 17.7 Å². The average molecular weight is 314 g/mol. The van der Waals surface area contributed by atoms with Crippen molar-refractivity contribution in [1.29, 1.82) is 0 Å². The monoisotopic (exact) mass is 314 g/mol. The van der Waals surface area contributed by atoms with Crippen molar-refractivity contribution < 1.29 is 23.5 Å². The van der Waals surface area contributed by atoms with Crippen molar-refractivity contribution in [2.24, 2.45) is 0 Å². The maximum atomic E-state index is 13.7. The zero-order valence-electron chi connectivity index (χ0n) is 12.0. The van der Waals surface area contributed by atoms with Gasteiger partial charge in [-0.2, -0.15) is 0 Å². The molecule has 6 nitrogen and oxygen atoms in total. The lowest BCUT2D eigenvalue weighted by Gasteiger charge is -2.05. The van der Waals surface area contributed by atoms with E-state index in [1.807, 2.05) is 0 Å². The van der Waals surface area contributed by atoms with Crippen molar-refractivity contribution in [2.75, 3.05) is 5.32 Å². The van der Waals surface area contributed by atoms with Crippen LogP contribution in [-0.2, 0) is 0 Å². The number of rotatable bonds is 3. The van der Waals surface area contributed by atoms with Crippen molar-refractivity contribution in [3.8, 4) is 0 Å². The standard InChI is InChI=1S/C16H11FN2O4/c1-8-2-5-13-12(18-8)7-14(23-13)15(20)19-11-6-9(16(21)22)3-4-10(11)17/h2-7H,1H3,(H,19,20)(H,21,22). The largest absolute Gasteiger partial charge is 0.478 e. The predicted octanol–water partition coefficient (Wildman–Crippen LogP) is 3.23. The first-order valence-corrected chi connectivity index (χ1v) is 6.65. The molecule has 0 aliphatic heterocycles. The van der Waals surface area contributed by atoms with Crippen LogP contribution in [0.4, 0.5) is 10.1 Å². The molecule has 1 aromatic carbocycles. The fraction of sp³-hybridized carbons (Fsp3) is 0.0625. The molecule has 2 aromatic heterocycles. The Morgan fingerprint density at radius 1 is 1.22 bits per heavy atom. The maximum Gasteiger partial charge on any atom is 0.335 e. The highest BCUT2D eigenvalue weighted by Crippen LogP contribution is 2.21. The minimum atomic E-state index is -1.22. The van der Waals surface area contributed by atoms with Gasteiger partial charge in [0.05, 0.1) is 11.3 Å². The second kappa shape index (κ2) is 5.53. The van der Waals surface area contributed by atoms with Crippen LogP contribution in [-0.4, -0.2) is 22.0 Å². The highest BCUT2D eigenvalue weighted by atomic mass is 19.1. The number of aryl methyl sites for hydroxylation is 1. The molecule has 7 heteroatoms. The molecule has 2 heterocycles. The molecular weight excluding hydrogens is 303 g/mol. The SMILES string of the molecule is Cc1ccc2oc(C(=O)Nc3cc(C(=O)O)ccc3F)cc2n1. The van der Waals surface area contributed by atoms with Gasteiger partial charge in [0, 0.05) is 11.8 Å². The van der Waals surface area contributed by atoms with Crippen molar-refractivity contribution in [1.82, 2.24) is 4.98 Å². The summed E-state index contributed by atoms with van der Waals surface area (Å²) in [6, 6.07) is 7.99. The Morgan fingerprint density at radius 3 is 2.74 bits per heavy atom. The van der Waals surface area contributed by atoms with E-state index in [-0.39, 0.29) is 17.0 Å². The summed E-state index contributed by atoms with van der Waals surface area (Å²) in [5, 5.41) is 11.2. The zero-order valence-corrected chi connectivity index (χ0v) is 12.0. The quantitative estimate of drug-likeness (QED) is 0.774. The van der Waals surface area contributed by atoms with E-state index in [0.717, 1.165) is 23.9 Å². The number of pyridine rings is 1. The van der Waals surface area contributed by atoms with Crippen LogP contribution < -0.4 is 5.32 Å². The lowest BCUT2D eigenvalue weighted by Crippen LogP contribution is -2.13. The number of nitrogens with zero attached hydrogens (tertiary/aromatic N) is 1. The Bertz CT molecular complexity index is 933. The Labute approximate surface area is 129 Å². The number of carboxylic acids is 1. The molecule has 0 saturated heterocycles.